The summed E-state index contributed by atoms with van der Waals surface area (Å²) in [5.41, 5.74) is 9.37. The van der Waals surface area contributed by atoms with E-state index in [0.717, 1.165) is 29.8 Å². The van der Waals surface area contributed by atoms with E-state index in [1.165, 1.54) is 0 Å². The van der Waals surface area contributed by atoms with E-state index in [1.54, 1.807) is 6.33 Å². The highest BCUT2D eigenvalue weighted by molar-refractivity contribution is 5.21. The van der Waals surface area contributed by atoms with Gasteiger partial charge in [0.05, 0.1) is 0 Å². The van der Waals surface area contributed by atoms with Gasteiger partial charge in [-0.05, 0) is 18.1 Å². The van der Waals surface area contributed by atoms with Gasteiger partial charge in [-0.3, -0.25) is 0 Å². The van der Waals surface area contributed by atoms with Crippen LogP contribution in [0.5, 0.6) is 0 Å². The van der Waals surface area contributed by atoms with Crippen molar-refractivity contribution < 1.29 is 0 Å². The van der Waals surface area contributed by atoms with Crippen molar-refractivity contribution in [2.45, 2.75) is 25.8 Å². The fraction of sp³-hybridized carbons (Fsp3) is 0.286. The third kappa shape index (κ3) is 3.11. The van der Waals surface area contributed by atoms with Crippen LogP contribution in [0.2, 0.25) is 0 Å². The third-order valence-electron chi connectivity index (χ3n) is 2.80. The Kier molecular flexibility index (Phi) is 3.83. The van der Waals surface area contributed by atoms with Crippen molar-refractivity contribution in [2.24, 2.45) is 5.73 Å². The van der Waals surface area contributed by atoms with E-state index >= 15 is 0 Å². The lowest BCUT2D eigenvalue weighted by molar-refractivity contribution is 0.702. The van der Waals surface area contributed by atoms with Crippen LogP contribution in [0.4, 0.5) is 0 Å². The molecule has 0 saturated heterocycles. The van der Waals surface area contributed by atoms with Crippen molar-refractivity contribution in [1.82, 2.24) is 9.97 Å². The van der Waals surface area contributed by atoms with E-state index in [9.17, 15) is 0 Å². The summed E-state index contributed by atoms with van der Waals surface area (Å²) in [5, 5.41) is 0. The Labute approximate surface area is 102 Å². The van der Waals surface area contributed by atoms with Gasteiger partial charge < -0.3 is 5.73 Å². The third-order valence-corrected chi connectivity index (χ3v) is 2.80. The molecule has 0 aliphatic carbocycles. The highest BCUT2D eigenvalue weighted by Gasteiger charge is 2.07. The van der Waals surface area contributed by atoms with Crippen LogP contribution in [-0.2, 0) is 12.8 Å². The Morgan fingerprint density at radius 3 is 2.53 bits per heavy atom. The Morgan fingerprint density at radius 1 is 1.12 bits per heavy atom. The second kappa shape index (κ2) is 5.55. The van der Waals surface area contributed by atoms with Gasteiger partial charge in [-0.2, -0.15) is 0 Å². The molecule has 0 saturated carbocycles. The number of hydrogen-bond acceptors (Lipinski definition) is 3. The standard InChI is InChI=1S/C14H17N3/c1-2-12-8-13(17-10-16-12)9-14(15)11-6-4-3-5-7-11/h3-8,10,14H,2,9,15H2,1H3. The van der Waals surface area contributed by atoms with Gasteiger partial charge in [0.1, 0.15) is 6.33 Å². The Bertz CT molecular complexity index is 468. The molecule has 1 aromatic heterocycles. The van der Waals surface area contributed by atoms with E-state index in [1.807, 2.05) is 36.4 Å². The molecule has 1 unspecified atom stereocenters. The highest BCUT2D eigenvalue weighted by Crippen LogP contribution is 2.14. The molecular weight excluding hydrogens is 210 g/mol. The molecule has 0 aliphatic rings. The van der Waals surface area contributed by atoms with Crippen molar-refractivity contribution in [3.05, 3.63) is 59.7 Å². The molecule has 0 bridgehead atoms. The molecular formula is C14H17N3. The van der Waals surface area contributed by atoms with Gasteiger partial charge in [0, 0.05) is 23.9 Å². The summed E-state index contributed by atoms with van der Waals surface area (Å²) in [6, 6.07) is 12.1. The van der Waals surface area contributed by atoms with E-state index in [4.69, 9.17) is 5.73 Å². The lowest BCUT2D eigenvalue weighted by Gasteiger charge is -2.11. The van der Waals surface area contributed by atoms with Crippen LogP contribution < -0.4 is 5.73 Å². The topological polar surface area (TPSA) is 51.8 Å². The van der Waals surface area contributed by atoms with Gasteiger partial charge in [-0.25, -0.2) is 9.97 Å². The average molecular weight is 227 g/mol. The van der Waals surface area contributed by atoms with E-state index in [-0.39, 0.29) is 6.04 Å². The molecule has 1 atom stereocenters. The molecule has 1 aromatic carbocycles. The maximum atomic E-state index is 6.16. The molecule has 2 aromatic rings. The van der Waals surface area contributed by atoms with Gasteiger partial charge in [-0.1, -0.05) is 37.3 Å². The number of aryl methyl sites for hydroxylation is 1. The Hall–Kier alpha value is -1.74. The summed E-state index contributed by atoms with van der Waals surface area (Å²) in [5.74, 6) is 0. The summed E-state index contributed by atoms with van der Waals surface area (Å²) in [6.45, 7) is 2.09. The van der Waals surface area contributed by atoms with Crippen LogP contribution >= 0.6 is 0 Å². The van der Waals surface area contributed by atoms with Crippen LogP contribution in [0.1, 0.15) is 29.9 Å². The second-order valence-electron chi connectivity index (χ2n) is 4.08. The number of rotatable bonds is 4. The van der Waals surface area contributed by atoms with Crippen molar-refractivity contribution in [1.29, 1.82) is 0 Å². The van der Waals surface area contributed by atoms with Gasteiger partial charge >= 0.3 is 0 Å². The normalized spacial score (nSPS) is 12.4. The number of nitrogens with two attached hydrogens (primary N) is 1. The molecule has 0 spiro atoms. The van der Waals surface area contributed by atoms with Crippen molar-refractivity contribution in [3.8, 4) is 0 Å². The molecule has 2 rings (SSSR count). The summed E-state index contributed by atoms with van der Waals surface area (Å²) in [7, 11) is 0. The number of aromatic nitrogens is 2. The number of nitrogens with zero attached hydrogens (tertiary/aromatic N) is 2. The predicted octanol–water partition coefficient (Wildman–Crippen LogP) is 2.28. The first kappa shape index (κ1) is 11.7. The van der Waals surface area contributed by atoms with E-state index in [0.29, 0.717) is 0 Å². The lowest BCUT2D eigenvalue weighted by atomic mass is 10.0. The van der Waals surface area contributed by atoms with Gasteiger partial charge in [-0.15, -0.1) is 0 Å². The molecule has 3 heteroatoms. The quantitative estimate of drug-likeness (QED) is 0.871. The molecule has 0 fully saturated rings. The zero-order valence-electron chi connectivity index (χ0n) is 10.0. The predicted molar refractivity (Wildman–Crippen MR) is 68.5 cm³/mol. The molecule has 1 heterocycles. The van der Waals surface area contributed by atoms with Gasteiger partial charge in [0.15, 0.2) is 0 Å². The first-order valence-corrected chi connectivity index (χ1v) is 5.90. The minimum absolute atomic E-state index is 0.00388. The fourth-order valence-corrected chi connectivity index (χ4v) is 1.79. The largest absolute Gasteiger partial charge is 0.324 e. The maximum Gasteiger partial charge on any atom is 0.115 e. The molecule has 17 heavy (non-hydrogen) atoms. The minimum atomic E-state index is -0.00388. The number of hydrogen-bond donors (Lipinski definition) is 1. The zero-order chi connectivity index (χ0) is 12.1. The van der Waals surface area contributed by atoms with Crippen molar-refractivity contribution >= 4 is 0 Å². The highest BCUT2D eigenvalue weighted by atomic mass is 14.8. The summed E-state index contributed by atoms with van der Waals surface area (Å²) in [4.78, 5) is 8.45. The van der Waals surface area contributed by atoms with Crippen LogP contribution in [0.15, 0.2) is 42.7 Å². The van der Waals surface area contributed by atoms with Crippen LogP contribution in [0.3, 0.4) is 0 Å². The van der Waals surface area contributed by atoms with Crippen molar-refractivity contribution in [2.75, 3.05) is 0 Å². The molecule has 3 nitrogen and oxygen atoms in total. The van der Waals surface area contributed by atoms with Crippen LogP contribution in [-0.4, -0.2) is 9.97 Å². The lowest BCUT2D eigenvalue weighted by Crippen LogP contribution is -2.14. The summed E-state index contributed by atoms with van der Waals surface area (Å²) < 4.78 is 0. The fourth-order valence-electron chi connectivity index (χ4n) is 1.79. The van der Waals surface area contributed by atoms with Gasteiger partial charge in [0.2, 0.25) is 0 Å². The Morgan fingerprint density at radius 2 is 1.82 bits per heavy atom. The average Bonchev–Trinajstić information content (AvgIpc) is 2.40. The number of benzene rings is 1. The molecule has 0 amide bonds. The first-order chi connectivity index (χ1) is 8.29. The van der Waals surface area contributed by atoms with Crippen LogP contribution in [0.25, 0.3) is 0 Å². The molecule has 2 N–H and O–H groups in total. The summed E-state index contributed by atoms with van der Waals surface area (Å²) >= 11 is 0. The first-order valence-electron chi connectivity index (χ1n) is 5.90. The van der Waals surface area contributed by atoms with Gasteiger partial charge in [0.25, 0.3) is 0 Å². The maximum absolute atomic E-state index is 6.16. The van der Waals surface area contributed by atoms with Crippen LogP contribution in [0, 0.1) is 0 Å². The Balaban J connectivity index is 2.10. The van der Waals surface area contributed by atoms with E-state index in [2.05, 4.69) is 16.9 Å². The molecule has 0 aliphatic heterocycles. The summed E-state index contributed by atoms with van der Waals surface area (Å²) in [6.07, 6.45) is 3.29. The minimum Gasteiger partial charge on any atom is -0.324 e. The smallest absolute Gasteiger partial charge is 0.115 e. The zero-order valence-corrected chi connectivity index (χ0v) is 10.0. The SMILES string of the molecule is CCc1cc(CC(N)c2ccccc2)ncn1. The van der Waals surface area contributed by atoms with Crippen molar-refractivity contribution in [3.63, 3.8) is 0 Å². The molecule has 88 valence electrons. The monoisotopic (exact) mass is 227 g/mol. The molecule has 0 radical (unpaired) electrons. The van der Waals surface area contributed by atoms with E-state index < -0.39 is 0 Å². The second-order valence-corrected chi connectivity index (χ2v) is 4.08.